The molecule has 0 bridgehead atoms. The molecule has 0 aliphatic heterocycles. The Hall–Kier alpha value is -13.5. The van der Waals surface area contributed by atoms with E-state index in [1.165, 1.54) is 165 Å². The normalized spacial score (nSPS) is 12.6. The molecule has 0 unspecified atom stereocenters. The van der Waals surface area contributed by atoms with Gasteiger partial charge < -0.3 is 22.7 Å². The van der Waals surface area contributed by atoms with E-state index in [9.17, 15) is 0 Å². The van der Waals surface area contributed by atoms with Crippen molar-refractivity contribution in [3.63, 3.8) is 0 Å². The summed E-state index contributed by atoms with van der Waals surface area (Å²) in [4.78, 5) is 0. The third-order valence-electron chi connectivity index (χ3n) is 22.2. The fourth-order valence-electron chi connectivity index (χ4n) is 17.3. The Morgan fingerprint density at radius 3 is 1.04 bits per heavy atom. The number of benzene rings is 16. The fraction of sp³-hybridized carbons (Fsp3) is 0.0303. The molecule has 5 aromatic heterocycles. The topological polar surface area (TPSA) is 32.9 Å². The van der Waals surface area contributed by atoms with Crippen molar-refractivity contribution in [2.75, 3.05) is 0 Å². The van der Waals surface area contributed by atoms with Crippen molar-refractivity contribution < 1.29 is 4.42 Å². The van der Waals surface area contributed by atoms with Crippen molar-refractivity contribution in [3.8, 4) is 78.4 Å². The third kappa shape index (κ3) is 9.27. The molecular formula is C99H66N4O. The van der Waals surface area contributed by atoms with E-state index >= 15 is 0 Å². The number of para-hydroxylation sites is 6. The second kappa shape index (κ2) is 23.3. The molecule has 104 heavy (non-hydrogen) atoms. The molecular weight excluding hydrogens is 1260 g/mol. The summed E-state index contributed by atoms with van der Waals surface area (Å²) < 4.78 is 15.8. The van der Waals surface area contributed by atoms with Crippen LogP contribution in [0.5, 0.6) is 0 Å². The molecule has 488 valence electrons. The molecule has 0 spiro atoms. The predicted molar refractivity (Wildman–Crippen MR) is 437 cm³/mol. The maximum absolute atomic E-state index is 6.14. The smallest absolute Gasteiger partial charge is 0.135 e. The Kier molecular flexibility index (Phi) is 13.3. The van der Waals surface area contributed by atoms with E-state index in [1.807, 2.05) is 12.1 Å². The molecule has 0 radical (unpaired) electrons. The van der Waals surface area contributed by atoms with E-state index in [4.69, 9.17) is 4.42 Å². The van der Waals surface area contributed by atoms with Gasteiger partial charge in [-0.15, -0.1) is 0 Å². The van der Waals surface area contributed by atoms with Crippen molar-refractivity contribution in [2.45, 2.75) is 19.3 Å². The lowest BCUT2D eigenvalue weighted by molar-refractivity contribution is 0.660. The molecule has 0 N–H and O–H groups in total. The molecule has 5 nitrogen and oxygen atoms in total. The lowest BCUT2D eigenvalue weighted by atomic mass is 9.82. The first-order valence-corrected chi connectivity index (χ1v) is 35.9. The molecule has 0 atom stereocenters. The van der Waals surface area contributed by atoms with Gasteiger partial charge in [-0.25, -0.2) is 0 Å². The van der Waals surface area contributed by atoms with Crippen molar-refractivity contribution in [1.29, 1.82) is 0 Å². The van der Waals surface area contributed by atoms with Crippen LogP contribution in [0.1, 0.15) is 25.0 Å². The van der Waals surface area contributed by atoms with Gasteiger partial charge in [0, 0.05) is 82.0 Å². The first-order valence-electron chi connectivity index (χ1n) is 35.9. The zero-order valence-corrected chi connectivity index (χ0v) is 57.3. The molecule has 22 rings (SSSR count). The monoisotopic (exact) mass is 1330 g/mol. The first-order chi connectivity index (χ1) is 51.3. The van der Waals surface area contributed by atoms with Gasteiger partial charge in [-0.05, 0) is 206 Å². The number of hydrogen-bond donors (Lipinski definition) is 0. The largest absolute Gasteiger partial charge is 0.456 e. The van der Waals surface area contributed by atoms with E-state index in [2.05, 4.69) is 384 Å². The number of nitrogens with zero attached hydrogens (tertiary/aromatic N) is 4. The Morgan fingerprint density at radius 1 is 0.192 bits per heavy atom. The van der Waals surface area contributed by atoms with Crippen LogP contribution in [0.25, 0.3) is 188 Å². The van der Waals surface area contributed by atoms with Crippen LogP contribution in [0.15, 0.2) is 368 Å². The SMILES string of the molecule is CC1(C)c2ccccc2-c2ccc(-n3c4ccccc4c4cc(-c5ccc6c(c5)c5ccccc5n6-c5cc(-c6ccccc6)cc(-c6ccccc6)c5)ccc43)cc21.c1ccc(-n2c3ccccc3c3cc(-c4ccc5c(c4)c4ccccc4n5-c4ccc5oc6ccccc6c5c4)ccc32)cc1. The van der Waals surface area contributed by atoms with E-state index in [0.717, 1.165) is 33.3 Å². The highest BCUT2D eigenvalue weighted by Crippen LogP contribution is 2.50. The Balaban J connectivity index is 0.000000139. The van der Waals surface area contributed by atoms with Crippen molar-refractivity contribution in [1.82, 2.24) is 18.3 Å². The maximum Gasteiger partial charge on any atom is 0.135 e. The first kappa shape index (κ1) is 59.4. The molecule has 0 saturated heterocycles. The molecule has 21 aromatic rings. The highest BCUT2D eigenvalue weighted by molar-refractivity contribution is 6.16. The third-order valence-corrected chi connectivity index (χ3v) is 22.2. The van der Waals surface area contributed by atoms with Gasteiger partial charge >= 0.3 is 0 Å². The number of rotatable bonds is 8. The van der Waals surface area contributed by atoms with Crippen LogP contribution in [-0.4, -0.2) is 18.3 Å². The molecule has 5 heteroatoms. The van der Waals surface area contributed by atoms with Crippen LogP contribution < -0.4 is 0 Å². The standard InChI is InChI=1S/C57H40N2.C42H26N2O/c1-57(2)51-22-12-9-19-45(51)46-28-27-43(36-52(46)57)58-53-23-13-10-20-47(53)49-34-39(25-29-55(49)58)40-26-30-56-50(35-40)48-21-11-14-24-54(48)59(56)44-32-41(37-15-5-3-6-16-37)31-42(33-44)38-17-7-4-8-18-38;1-2-10-29(11-3-1)43-37-15-7-4-12-31(37)34-24-27(18-21-39(34)43)28-19-22-40-35(25-28)32-13-5-8-16-38(32)44(40)30-20-23-42-36(26-30)33-14-6-9-17-41(33)45-42/h3-36H,1-2H3;1-26H. The predicted octanol–water partition coefficient (Wildman–Crippen LogP) is 26.6. The second-order valence-corrected chi connectivity index (χ2v) is 28.4. The average molecular weight is 1330 g/mol. The fourth-order valence-corrected chi connectivity index (χ4v) is 17.3. The van der Waals surface area contributed by atoms with Gasteiger partial charge in [0.25, 0.3) is 0 Å². The minimum Gasteiger partial charge on any atom is -0.456 e. The summed E-state index contributed by atoms with van der Waals surface area (Å²) in [5, 5.41) is 12.3. The summed E-state index contributed by atoms with van der Waals surface area (Å²) in [7, 11) is 0. The number of furan rings is 1. The van der Waals surface area contributed by atoms with Gasteiger partial charge in [0.1, 0.15) is 11.2 Å². The van der Waals surface area contributed by atoms with E-state index in [1.54, 1.807) is 0 Å². The van der Waals surface area contributed by atoms with Gasteiger partial charge in [-0.1, -0.05) is 238 Å². The van der Waals surface area contributed by atoms with Gasteiger partial charge in [-0.3, -0.25) is 0 Å². The van der Waals surface area contributed by atoms with Gasteiger partial charge in [0.15, 0.2) is 0 Å². The lowest BCUT2D eigenvalue weighted by Gasteiger charge is -2.22. The summed E-state index contributed by atoms with van der Waals surface area (Å²) in [5.41, 5.74) is 31.2. The van der Waals surface area contributed by atoms with Crippen LogP contribution in [0, 0.1) is 0 Å². The van der Waals surface area contributed by atoms with Crippen LogP contribution >= 0.6 is 0 Å². The van der Waals surface area contributed by atoms with Gasteiger partial charge in [0.05, 0.1) is 44.1 Å². The summed E-state index contributed by atoms with van der Waals surface area (Å²) in [6.07, 6.45) is 0. The minimum atomic E-state index is -0.0650. The molecule has 0 fully saturated rings. The van der Waals surface area contributed by atoms with E-state index in [-0.39, 0.29) is 5.41 Å². The summed E-state index contributed by atoms with van der Waals surface area (Å²) in [5.74, 6) is 0. The molecule has 16 aromatic carbocycles. The number of aromatic nitrogens is 4. The Morgan fingerprint density at radius 2 is 0.548 bits per heavy atom. The number of hydrogen-bond acceptors (Lipinski definition) is 1. The zero-order chi connectivity index (χ0) is 68.7. The molecule has 5 heterocycles. The molecule has 0 amide bonds. The van der Waals surface area contributed by atoms with Crippen LogP contribution in [0.2, 0.25) is 0 Å². The zero-order valence-electron chi connectivity index (χ0n) is 57.3. The Labute approximate surface area is 600 Å². The Bertz CT molecular complexity index is 7000. The van der Waals surface area contributed by atoms with Gasteiger partial charge in [0.2, 0.25) is 0 Å². The van der Waals surface area contributed by atoms with E-state index < -0.39 is 0 Å². The van der Waals surface area contributed by atoms with Crippen molar-refractivity contribution in [2.24, 2.45) is 0 Å². The van der Waals surface area contributed by atoms with Crippen LogP contribution in [0.4, 0.5) is 0 Å². The number of fused-ring (bicyclic) bond motifs is 18. The maximum atomic E-state index is 6.14. The van der Waals surface area contributed by atoms with Crippen molar-refractivity contribution >= 4 is 109 Å². The molecule has 1 aliphatic carbocycles. The summed E-state index contributed by atoms with van der Waals surface area (Å²) in [6.45, 7) is 4.72. The minimum absolute atomic E-state index is 0.0650. The van der Waals surface area contributed by atoms with Crippen LogP contribution in [-0.2, 0) is 5.41 Å². The summed E-state index contributed by atoms with van der Waals surface area (Å²) in [6, 6.07) is 133. The van der Waals surface area contributed by atoms with E-state index in [0.29, 0.717) is 0 Å². The van der Waals surface area contributed by atoms with Crippen molar-refractivity contribution in [3.05, 3.63) is 375 Å². The molecule has 0 saturated carbocycles. The quantitative estimate of drug-likeness (QED) is 0.149. The highest BCUT2D eigenvalue weighted by Gasteiger charge is 2.36. The average Bonchev–Trinajstić information content (AvgIpc) is 1.57. The summed E-state index contributed by atoms with van der Waals surface area (Å²) >= 11 is 0. The highest BCUT2D eigenvalue weighted by atomic mass is 16.3. The van der Waals surface area contributed by atoms with Gasteiger partial charge in [-0.2, -0.15) is 0 Å². The molecule has 1 aliphatic rings. The lowest BCUT2D eigenvalue weighted by Crippen LogP contribution is -2.15. The second-order valence-electron chi connectivity index (χ2n) is 28.4. The van der Waals surface area contributed by atoms with Crippen LogP contribution in [0.3, 0.4) is 0 Å².